The summed E-state index contributed by atoms with van der Waals surface area (Å²) in [6.45, 7) is 4.79. The van der Waals surface area contributed by atoms with Crippen molar-refractivity contribution in [3.8, 4) is 21.9 Å². The van der Waals surface area contributed by atoms with Crippen molar-refractivity contribution in [1.29, 1.82) is 0 Å². The van der Waals surface area contributed by atoms with Gasteiger partial charge in [0.2, 0.25) is 5.91 Å². The highest BCUT2D eigenvalue weighted by atomic mass is 32.1. The average molecular weight is 494 g/mol. The summed E-state index contributed by atoms with van der Waals surface area (Å²) in [5.41, 5.74) is 2.09. The summed E-state index contributed by atoms with van der Waals surface area (Å²) < 4.78 is 16.4. The molecule has 1 N–H and O–H groups in total. The van der Waals surface area contributed by atoms with E-state index in [1.807, 2.05) is 48.5 Å². The van der Waals surface area contributed by atoms with E-state index >= 15 is 0 Å². The van der Waals surface area contributed by atoms with Crippen LogP contribution in [0.15, 0.2) is 60.7 Å². The van der Waals surface area contributed by atoms with E-state index in [4.69, 9.17) is 14.2 Å². The second-order valence-electron chi connectivity index (χ2n) is 7.73. The number of methoxy groups -OCH3 is 1. The molecule has 0 aliphatic heterocycles. The van der Waals surface area contributed by atoms with E-state index in [-0.39, 0.29) is 12.5 Å². The molecule has 35 heavy (non-hydrogen) atoms. The van der Waals surface area contributed by atoms with Gasteiger partial charge in [-0.2, -0.15) is 0 Å². The average Bonchev–Trinajstić information content (AvgIpc) is 3.30. The van der Waals surface area contributed by atoms with Gasteiger partial charge in [0.05, 0.1) is 25.9 Å². The highest BCUT2D eigenvalue weighted by molar-refractivity contribution is 7.20. The standard InChI is InChI=1S/C28H31NO5S/c1-4-6-10-17-34-23-15-13-20(18-24(23)32-3)14-16-26(30)29-27-22(28(31)33-5-2)19-25(35-27)21-11-8-7-9-12-21/h7-9,11-16,18-19H,4-6,10,17H2,1-3H3,(H,29,30)/b16-14+. The minimum absolute atomic E-state index is 0.253. The van der Waals surface area contributed by atoms with E-state index in [0.29, 0.717) is 28.7 Å². The fraction of sp³-hybridized carbons (Fsp3) is 0.286. The van der Waals surface area contributed by atoms with Crippen molar-refractivity contribution in [2.24, 2.45) is 0 Å². The van der Waals surface area contributed by atoms with Crippen LogP contribution in [-0.4, -0.2) is 32.2 Å². The molecule has 2 aromatic carbocycles. The lowest BCUT2D eigenvalue weighted by Crippen LogP contribution is -2.11. The molecule has 0 saturated heterocycles. The molecular formula is C28H31NO5S. The number of rotatable bonds is 12. The van der Waals surface area contributed by atoms with Crippen LogP contribution in [0.4, 0.5) is 5.00 Å². The zero-order valence-electron chi connectivity index (χ0n) is 20.3. The van der Waals surface area contributed by atoms with Gasteiger partial charge in [-0.05, 0) is 48.7 Å². The van der Waals surface area contributed by atoms with Crippen LogP contribution in [-0.2, 0) is 9.53 Å². The van der Waals surface area contributed by atoms with Crippen LogP contribution in [0, 0.1) is 0 Å². The molecule has 1 amide bonds. The topological polar surface area (TPSA) is 73.9 Å². The summed E-state index contributed by atoms with van der Waals surface area (Å²) in [7, 11) is 1.59. The summed E-state index contributed by atoms with van der Waals surface area (Å²) in [4.78, 5) is 26.0. The molecule has 0 spiro atoms. The number of anilines is 1. The highest BCUT2D eigenvalue weighted by Gasteiger charge is 2.19. The SMILES string of the molecule is CCCCCOc1ccc(/C=C/C(=O)Nc2sc(-c3ccccc3)cc2C(=O)OCC)cc1OC. The second kappa shape index (κ2) is 13.3. The maximum absolute atomic E-state index is 12.7. The molecule has 184 valence electrons. The van der Waals surface area contributed by atoms with E-state index in [2.05, 4.69) is 12.2 Å². The van der Waals surface area contributed by atoms with Gasteiger partial charge in [-0.3, -0.25) is 4.79 Å². The number of amides is 1. The Morgan fingerprint density at radius 2 is 1.80 bits per heavy atom. The number of nitrogens with one attached hydrogen (secondary N) is 1. The predicted molar refractivity (Wildman–Crippen MR) is 141 cm³/mol. The van der Waals surface area contributed by atoms with Gasteiger partial charge < -0.3 is 19.5 Å². The van der Waals surface area contributed by atoms with Crippen LogP contribution in [0.25, 0.3) is 16.5 Å². The van der Waals surface area contributed by atoms with Crippen molar-refractivity contribution in [2.45, 2.75) is 33.1 Å². The molecule has 3 aromatic rings. The third-order valence-corrected chi connectivity index (χ3v) is 6.24. The van der Waals surface area contributed by atoms with Gasteiger partial charge in [-0.15, -0.1) is 11.3 Å². The minimum Gasteiger partial charge on any atom is -0.493 e. The Balaban J connectivity index is 1.73. The van der Waals surface area contributed by atoms with Crippen LogP contribution in [0.2, 0.25) is 0 Å². The quantitative estimate of drug-likeness (QED) is 0.170. The summed E-state index contributed by atoms with van der Waals surface area (Å²) in [6.07, 6.45) is 6.35. The lowest BCUT2D eigenvalue weighted by molar-refractivity contribution is -0.111. The molecular weight excluding hydrogens is 462 g/mol. The van der Waals surface area contributed by atoms with Gasteiger partial charge in [0.1, 0.15) is 5.00 Å². The van der Waals surface area contributed by atoms with Crippen LogP contribution in [0.1, 0.15) is 49.0 Å². The molecule has 0 unspecified atom stereocenters. The van der Waals surface area contributed by atoms with Crippen molar-refractivity contribution in [2.75, 3.05) is 25.6 Å². The van der Waals surface area contributed by atoms with Crippen molar-refractivity contribution in [1.82, 2.24) is 0 Å². The lowest BCUT2D eigenvalue weighted by Gasteiger charge is -2.11. The molecule has 0 saturated carbocycles. The number of benzene rings is 2. The summed E-state index contributed by atoms with van der Waals surface area (Å²) in [6, 6.07) is 17.0. The predicted octanol–water partition coefficient (Wildman–Crippen LogP) is 6.82. The van der Waals surface area contributed by atoms with E-state index in [1.165, 1.54) is 17.4 Å². The van der Waals surface area contributed by atoms with Crippen molar-refractivity contribution in [3.05, 3.63) is 71.8 Å². The number of carbonyl (C=O) groups is 2. The summed E-state index contributed by atoms with van der Waals surface area (Å²) in [5.74, 6) is 0.469. The first-order valence-electron chi connectivity index (χ1n) is 11.7. The number of esters is 1. The first-order valence-corrected chi connectivity index (χ1v) is 12.5. The zero-order valence-corrected chi connectivity index (χ0v) is 21.2. The van der Waals surface area contributed by atoms with Gasteiger partial charge in [-0.25, -0.2) is 4.79 Å². The number of carbonyl (C=O) groups excluding carboxylic acids is 2. The molecule has 6 nitrogen and oxygen atoms in total. The minimum atomic E-state index is -0.468. The highest BCUT2D eigenvalue weighted by Crippen LogP contribution is 2.36. The third-order valence-electron chi connectivity index (χ3n) is 5.14. The number of hydrogen-bond donors (Lipinski definition) is 1. The van der Waals surface area contributed by atoms with Crippen LogP contribution < -0.4 is 14.8 Å². The first kappa shape index (κ1) is 26.0. The monoisotopic (exact) mass is 493 g/mol. The molecule has 0 fully saturated rings. The van der Waals surface area contributed by atoms with E-state index in [9.17, 15) is 9.59 Å². The summed E-state index contributed by atoms with van der Waals surface area (Å²) >= 11 is 1.33. The molecule has 3 rings (SSSR count). The number of thiophene rings is 1. The Morgan fingerprint density at radius 1 is 1.00 bits per heavy atom. The molecule has 0 atom stereocenters. The maximum Gasteiger partial charge on any atom is 0.341 e. The third kappa shape index (κ3) is 7.45. The van der Waals surface area contributed by atoms with Crippen molar-refractivity contribution in [3.63, 3.8) is 0 Å². The first-order chi connectivity index (χ1) is 17.0. The Hall–Kier alpha value is -3.58. The lowest BCUT2D eigenvalue weighted by atomic mass is 10.1. The molecule has 0 radical (unpaired) electrons. The van der Waals surface area contributed by atoms with Crippen LogP contribution >= 0.6 is 11.3 Å². The molecule has 0 aliphatic carbocycles. The van der Waals surface area contributed by atoms with E-state index in [1.54, 1.807) is 26.2 Å². The molecule has 1 aromatic heterocycles. The van der Waals surface area contributed by atoms with Crippen LogP contribution in [0.5, 0.6) is 11.5 Å². The van der Waals surface area contributed by atoms with Crippen molar-refractivity contribution >= 4 is 34.3 Å². The van der Waals surface area contributed by atoms with E-state index < -0.39 is 5.97 Å². The fourth-order valence-electron chi connectivity index (χ4n) is 3.36. The molecule has 0 bridgehead atoms. The van der Waals surface area contributed by atoms with Gasteiger partial charge >= 0.3 is 5.97 Å². The van der Waals surface area contributed by atoms with Crippen LogP contribution in [0.3, 0.4) is 0 Å². The normalized spacial score (nSPS) is 10.8. The number of hydrogen-bond acceptors (Lipinski definition) is 6. The van der Waals surface area contributed by atoms with Gasteiger partial charge in [-0.1, -0.05) is 56.2 Å². The van der Waals surface area contributed by atoms with Crippen molar-refractivity contribution < 1.29 is 23.8 Å². The van der Waals surface area contributed by atoms with Gasteiger partial charge in [0.25, 0.3) is 0 Å². The Labute approximate surface area is 210 Å². The number of ether oxygens (including phenoxy) is 3. The fourth-order valence-corrected chi connectivity index (χ4v) is 4.41. The summed E-state index contributed by atoms with van der Waals surface area (Å²) in [5, 5.41) is 3.28. The van der Waals surface area contributed by atoms with Gasteiger partial charge in [0, 0.05) is 11.0 Å². The molecule has 0 aliphatic rings. The maximum atomic E-state index is 12.7. The Kier molecular flexibility index (Phi) is 9.93. The molecule has 7 heteroatoms. The van der Waals surface area contributed by atoms with Gasteiger partial charge in [0.15, 0.2) is 11.5 Å². The zero-order chi connectivity index (χ0) is 25.0. The molecule has 1 heterocycles. The largest absolute Gasteiger partial charge is 0.493 e. The smallest absolute Gasteiger partial charge is 0.341 e. The van der Waals surface area contributed by atoms with E-state index in [0.717, 1.165) is 35.3 Å². The Morgan fingerprint density at radius 3 is 2.51 bits per heavy atom. The Bertz CT molecular complexity index is 1150. The number of unbranched alkanes of at least 4 members (excludes halogenated alkanes) is 2. The second-order valence-corrected chi connectivity index (χ2v) is 8.78.